The van der Waals surface area contributed by atoms with E-state index in [1.165, 1.54) is 137 Å². The van der Waals surface area contributed by atoms with Gasteiger partial charge in [0.25, 0.3) is 0 Å². The first-order valence-corrected chi connectivity index (χ1v) is 45.5. The van der Waals surface area contributed by atoms with Crippen LogP contribution >= 0.6 is 0 Å². The fraction of sp³-hybridized carbons (Fsp3) is 0. The lowest BCUT2D eigenvalue weighted by Gasteiger charge is -2.14. The molecule has 0 spiro atoms. The van der Waals surface area contributed by atoms with E-state index in [-0.39, 0.29) is 0 Å². The predicted molar refractivity (Wildman–Crippen MR) is 555 cm³/mol. The van der Waals surface area contributed by atoms with E-state index < -0.39 is 0 Å². The van der Waals surface area contributed by atoms with Crippen molar-refractivity contribution in [1.29, 1.82) is 0 Å². The second-order valence-electron chi connectivity index (χ2n) is 34.7. The summed E-state index contributed by atoms with van der Waals surface area (Å²) in [6.07, 6.45) is 0. The number of hydrogen-bond donors (Lipinski definition) is 0. The standard InChI is InChI=1S/C63H39N5.C61H37N5/c1-3-15-42(16-4-1)61-64-62(43-17-5-2-6-18-43)66-63(65-61)68-58-26-14-12-24-53(58)56-38-45(32-36-60(56)68)41-29-27-40(28-30-41)44-31-35-59-55(37-44)52-23-11-13-25-57(52)67(59)46-33-34-51-49-21-8-7-19-47(49)48-20-9-10-22-50(48)54(51)39-46;1-3-14-40(15-4-1)59-62-60(41-16-5-2-6-17-41)64-61(63-59)66-54-25-12-10-21-47(54)52-37-43(31-34-57(52)66)39-28-26-38(27-29-39)42-30-33-56-51(36-42)46-20-9-11-24-53(46)65(56)55-35-32-49-45-19-8-7-18-44(45)48-22-13-23-50(55)58(48)49/h1-39H;1-37H. The lowest BCUT2D eigenvalue weighted by Crippen LogP contribution is -2.06. The van der Waals surface area contributed by atoms with Crippen LogP contribution in [-0.2, 0) is 0 Å². The van der Waals surface area contributed by atoms with Crippen LogP contribution in [-0.4, -0.2) is 48.2 Å². The fourth-order valence-corrected chi connectivity index (χ4v) is 21.1. The highest BCUT2D eigenvalue weighted by Crippen LogP contribution is 2.51. The molecule has 0 amide bonds. The van der Waals surface area contributed by atoms with Crippen molar-refractivity contribution in [3.05, 3.63) is 461 Å². The van der Waals surface area contributed by atoms with Crippen molar-refractivity contribution in [2.45, 2.75) is 0 Å². The molecule has 6 aromatic heterocycles. The first kappa shape index (κ1) is 76.0. The van der Waals surface area contributed by atoms with Crippen LogP contribution < -0.4 is 0 Å². The van der Waals surface area contributed by atoms with Gasteiger partial charge in [-0.2, -0.15) is 19.9 Å². The van der Waals surface area contributed by atoms with Gasteiger partial charge in [0.2, 0.25) is 11.9 Å². The molecule has 0 saturated carbocycles. The Labute approximate surface area is 769 Å². The van der Waals surface area contributed by atoms with Gasteiger partial charge >= 0.3 is 0 Å². The van der Waals surface area contributed by atoms with Crippen LogP contribution in [0, 0.1) is 0 Å². The Morgan fingerprint density at radius 2 is 0.403 bits per heavy atom. The molecule has 134 heavy (non-hydrogen) atoms. The van der Waals surface area contributed by atoms with Crippen LogP contribution in [0.25, 0.3) is 266 Å². The summed E-state index contributed by atoms with van der Waals surface area (Å²) in [5.74, 6) is 3.71. The van der Waals surface area contributed by atoms with Gasteiger partial charge in [-0.25, -0.2) is 9.97 Å². The lowest BCUT2D eigenvalue weighted by atomic mass is 9.94. The molecule has 27 aromatic rings. The summed E-state index contributed by atoms with van der Waals surface area (Å²) in [4.78, 5) is 30.4. The van der Waals surface area contributed by atoms with E-state index in [0.29, 0.717) is 35.2 Å². The number of para-hydroxylation sites is 4. The molecule has 6 heterocycles. The van der Waals surface area contributed by atoms with Gasteiger partial charge in [-0.3, -0.25) is 9.13 Å². The number of rotatable bonds is 12. The Bertz CT molecular complexity index is 9310. The Kier molecular flexibility index (Phi) is 17.5. The van der Waals surface area contributed by atoms with Crippen LogP contribution in [0.4, 0.5) is 0 Å². The Hall–Kier alpha value is -18.1. The molecule has 0 saturated heterocycles. The van der Waals surface area contributed by atoms with Gasteiger partial charge in [0.15, 0.2) is 23.3 Å². The average molecular weight is 1710 g/mol. The highest BCUT2D eigenvalue weighted by molar-refractivity contribution is 6.26. The SMILES string of the molecule is c1ccc(-c2nc(-c3ccccc3)nc(-n3c4ccccc4c4cc(-c5ccc(-c6ccc7c(c6)c6ccccc6n7-c6ccc7c8c(cccc68)-c6ccccc6-7)cc5)ccc43)n2)cc1.c1ccc(-c2nc(-c3ccccc3)nc(-n3c4ccccc4c4cc(-c5ccc(-c6ccc7c(c6)c6ccccc6n7-c6ccc7c8ccccc8c8ccccc8c7c6)cc5)ccc43)n2)cc1. The van der Waals surface area contributed by atoms with E-state index in [9.17, 15) is 0 Å². The van der Waals surface area contributed by atoms with Gasteiger partial charge in [0.05, 0.1) is 49.8 Å². The van der Waals surface area contributed by atoms with Gasteiger partial charge in [-0.05, 0) is 195 Å². The minimum absolute atomic E-state index is 0.584. The number of hydrogen-bond acceptors (Lipinski definition) is 6. The van der Waals surface area contributed by atoms with E-state index in [0.717, 1.165) is 93.8 Å². The van der Waals surface area contributed by atoms with E-state index in [1.807, 2.05) is 121 Å². The van der Waals surface area contributed by atoms with Crippen molar-refractivity contribution < 1.29 is 0 Å². The van der Waals surface area contributed by atoms with Gasteiger partial charge in [0, 0.05) is 76.4 Å². The maximum atomic E-state index is 5.11. The van der Waals surface area contributed by atoms with Gasteiger partial charge < -0.3 is 9.13 Å². The Balaban J connectivity index is 0.000000137. The van der Waals surface area contributed by atoms with Crippen molar-refractivity contribution in [2.75, 3.05) is 0 Å². The Morgan fingerprint density at radius 1 is 0.134 bits per heavy atom. The van der Waals surface area contributed by atoms with Crippen LogP contribution in [0.2, 0.25) is 0 Å². The molecule has 21 aromatic carbocycles. The molecular formula is C124H76N10. The molecule has 0 unspecified atom stereocenters. The zero-order valence-corrected chi connectivity index (χ0v) is 72.4. The van der Waals surface area contributed by atoms with Crippen LogP contribution in [0.3, 0.4) is 0 Å². The van der Waals surface area contributed by atoms with Gasteiger partial charge in [-0.1, -0.05) is 370 Å². The molecule has 0 aliphatic heterocycles. The molecule has 1 aliphatic rings. The zero-order chi connectivity index (χ0) is 88.0. The smallest absolute Gasteiger partial charge is 0.238 e. The van der Waals surface area contributed by atoms with Gasteiger partial charge in [-0.15, -0.1) is 0 Å². The molecule has 28 rings (SSSR count). The maximum absolute atomic E-state index is 5.11. The minimum Gasteiger partial charge on any atom is -0.309 e. The van der Waals surface area contributed by atoms with Crippen molar-refractivity contribution in [3.8, 4) is 136 Å². The second-order valence-corrected chi connectivity index (χ2v) is 34.7. The molecule has 622 valence electrons. The first-order chi connectivity index (χ1) is 66.4. The predicted octanol–water partition coefficient (Wildman–Crippen LogP) is 31.7. The maximum Gasteiger partial charge on any atom is 0.238 e. The third-order valence-electron chi connectivity index (χ3n) is 27.3. The summed E-state index contributed by atoms with van der Waals surface area (Å²) in [5, 5.41) is 19.8. The Morgan fingerprint density at radius 3 is 0.784 bits per heavy atom. The van der Waals surface area contributed by atoms with Crippen LogP contribution in [0.5, 0.6) is 0 Å². The number of aromatic nitrogens is 10. The number of nitrogens with zero attached hydrogens (tertiary/aromatic N) is 10. The molecule has 0 atom stereocenters. The van der Waals surface area contributed by atoms with Crippen molar-refractivity contribution >= 4 is 130 Å². The first-order valence-electron chi connectivity index (χ1n) is 45.5. The van der Waals surface area contributed by atoms with E-state index in [1.54, 1.807) is 0 Å². The summed E-state index contributed by atoms with van der Waals surface area (Å²) in [6, 6.07) is 165. The minimum atomic E-state index is 0.584. The molecule has 1 aliphatic carbocycles. The van der Waals surface area contributed by atoms with Crippen molar-refractivity contribution in [1.82, 2.24) is 48.2 Å². The second kappa shape index (κ2) is 30.8. The van der Waals surface area contributed by atoms with Crippen LogP contribution in [0.1, 0.15) is 0 Å². The normalized spacial score (nSPS) is 11.9. The highest BCUT2D eigenvalue weighted by atomic mass is 15.2. The molecule has 0 N–H and O–H groups in total. The summed E-state index contributed by atoms with van der Waals surface area (Å²) in [6.45, 7) is 0. The molecule has 0 fully saturated rings. The quantitative estimate of drug-likeness (QED) is 0.113. The molecule has 10 nitrogen and oxygen atoms in total. The third kappa shape index (κ3) is 12.3. The van der Waals surface area contributed by atoms with E-state index >= 15 is 0 Å². The average Bonchev–Trinajstić information content (AvgIpc) is 1.35. The topological polar surface area (TPSA) is 97.1 Å². The molecule has 0 bridgehead atoms. The molecular weight excluding hydrogens is 1630 g/mol. The highest BCUT2D eigenvalue weighted by Gasteiger charge is 2.27. The summed E-state index contributed by atoms with van der Waals surface area (Å²) < 4.78 is 9.24. The monoisotopic (exact) mass is 1700 g/mol. The summed E-state index contributed by atoms with van der Waals surface area (Å²) in [7, 11) is 0. The third-order valence-corrected chi connectivity index (χ3v) is 27.3. The molecule has 10 heteroatoms. The number of benzene rings is 21. The van der Waals surface area contributed by atoms with Crippen LogP contribution in [0.15, 0.2) is 461 Å². The number of fused-ring (bicyclic) bond motifs is 21. The largest absolute Gasteiger partial charge is 0.309 e. The lowest BCUT2D eigenvalue weighted by molar-refractivity contribution is 0.953. The zero-order valence-electron chi connectivity index (χ0n) is 72.4. The van der Waals surface area contributed by atoms with Gasteiger partial charge in [0.1, 0.15) is 0 Å². The summed E-state index contributed by atoms with van der Waals surface area (Å²) >= 11 is 0. The molecule has 0 radical (unpaired) electrons. The fourth-order valence-electron chi connectivity index (χ4n) is 21.1. The van der Waals surface area contributed by atoms with Crippen molar-refractivity contribution in [3.63, 3.8) is 0 Å². The van der Waals surface area contributed by atoms with E-state index in [2.05, 4.69) is 358 Å². The van der Waals surface area contributed by atoms with Crippen molar-refractivity contribution in [2.24, 2.45) is 0 Å². The summed E-state index contributed by atoms with van der Waals surface area (Å²) in [5.41, 5.74) is 29.6. The van der Waals surface area contributed by atoms with E-state index in [4.69, 9.17) is 29.9 Å².